The average Bonchev–Trinajstić information content (AvgIpc) is 2.45. The molecule has 1 aromatic rings. The van der Waals surface area contributed by atoms with Crippen molar-refractivity contribution in [1.82, 2.24) is 10.7 Å². The van der Waals surface area contributed by atoms with Crippen LogP contribution < -0.4 is 10.7 Å². The van der Waals surface area contributed by atoms with Gasteiger partial charge in [0.25, 0.3) is 5.91 Å². The molecule has 4 N–H and O–H groups in total. The van der Waals surface area contributed by atoms with Crippen LogP contribution in [-0.2, 0) is 9.53 Å². The fraction of sp³-hybridized carbons (Fsp3) is 0.357. The molecule has 0 aliphatic heterocycles. The molecule has 0 aliphatic rings. The quantitative estimate of drug-likeness (QED) is 0.329. The Labute approximate surface area is 127 Å². The predicted molar refractivity (Wildman–Crippen MR) is 79.8 cm³/mol. The highest BCUT2D eigenvalue weighted by atomic mass is 16.5. The Morgan fingerprint density at radius 1 is 1.32 bits per heavy atom. The fourth-order valence-electron chi connectivity index (χ4n) is 1.55. The normalized spacial score (nSPS) is 11.1. The van der Waals surface area contributed by atoms with Gasteiger partial charge in [0.1, 0.15) is 11.5 Å². The van der Waals surface area contributed by atoms with Crippen molar-refractivity contribution in [3.8, 4) is 11.5 Å². The Balaban J connectivity index is 2.52. The maximum atomic E-state index is 11.8. The largest absolute Gasteiger partial charge is 0.508 e. The number of hydrogen-bond acceptors (Lipinski definition) is 6. The van der Waals surface area contributed by atoms with E-state index in [-0.39, 0.29) is 29.4 Å². The number of aromatic hydroxyl groups is 2. The second-order valence-corrected chi connectivity index (χ2v) is 4.51. The van der Waals surface area contributed by atoms with Crippen molar-refractivity contribution in [2.75, 3.05) is 20.3 Å². The standard InChI is InChI=1S/C14H19N3O5/c1-9(7-13(20)15-5-6-22-2)16-17-14(21)11-4-3-10(18)8-12(11)19/h3-4,8,18-19H,5-7H2,1-2H3,(H,15,20)(H,17,21)/b16-9+. The molecule has 22 heavy (non-hydrogen) atoms. The number of hydrazone groups is 1. The number of rotatable bonds is 7. The first-order valence-corrected chi connectivity index (χ1v) is 6.55. The molecule has 8 nitrogen and oxygen atoms in total. The summed E-state index contributed by atoms with van der Waals surface area (Å²) in [5.74, 6) is -1.39. The van der Waals surface area contributed by atoms with E-state index in [4.69, 9.17) is 9.84 Å². The molecule has 0 saturated heterocycles. The van der Waals surface area contributed by atoms with Gasteiger partial charge in [0.2, 0.25) is 5.91 Å². The summed E-state index contributed by atoms with van der Waals surface area (Å²) in [5.41, 5.74) is 2.61. The first kappa shape index (κ1) is 17.4. The highest BCUT2D eigenvalue weighted by molar-refractivity contribution is 6.01. The molecule has 0 unspecified atom stereocenters. The molecule has 0 aliphatic carbocycles. The fourth-order valence-corrected chi connectivity index (χ4v) is 1.55. The van der Waals surface area contributed by atoms with E-state index < -0.39 is 5.91 Å². The van der Waals surface area contributed by atoms with Crippen molar-refractivity contribution < 1.29 is 24.5 Å². The number of benzene rings is 1. The number of phenols is 2. The maximum absolute atomic E-state index is 11.8. The lowest BCUT2D eigenvalue weighted by Gasteiger charge is -2.06. The van der Waals surface area contributed by atoms with Crippen LogP contribution in [0.5, 0.6) is 11.5 Å². The van der Waals surface area contributed by atoms with E-state index in [1.807, 2.05) is 0 Å². The molecule has 0 bridgehead atoms. The Bertz CT molecular complexity index is 572. The summed E-state index contributed by atoms with van der Waals surface area (Å²) < 4.78 is 4.80. The van der Waals surface area contributed by atoms with Crippen LogP contribution >= 0.6 is 0 Å². The highest BCUT2D eigenvalue weighted by Gasteiger charge is 2.11. The van der Waals surface area contributed by atoms with E-state index >= 15 is 0 Å². The molecule has 0 heterocycles. The lowest BCUT2D eigenvalue weighted by Crippen LogP contribution is -2.29. The molecule has 2 amide bonds. The number of nitrogens with zero attached hydrogens (tertiary/aromatic N) is 1. The van der Waals surface area contributed by atoms with Gasteiger partial charge in [-0.05, 0) is 19.1 Å². The van der Waals surface area contributed by atoms with Gasteiger partial charge >= 0.3 is 0 Å². The van der Waals surface area contributed by atoms with Crippen molar-refractivity contribution >= 4 is 17.5 Å². The number of carbonyl (C=O) groups is 2. The van der Waals surface area contributed by atoms with Crippen LogP contribution in [0.15, 0.2) is 23.3 Å². The second kappa shape index (κ2) is 8.63. The Morgan fingerprint density at radius 2 is 2.05 bits per heavy atom. The zero-order valence-corrected chi connectivity index (χ0v) is 12.4. The van der Waals surface area contributed by atoms with Crippen LogP contribution in [0, 0.1) is 0 Å². The van der Waals surface area contributed by atoms with Crippen LogP contribution in [0.1, 0.15) is 23.7 Å². The SMILES string of the molecule is COCCNC(=O)C/C(C)=N/NC(=O)c1ccc(O)cc1O. The Hall–Kier alpha value is -2.61. The van der Waals surface area contributed by atoms with Crippen LogP contribution in [-0.4, -0.2) is 48.0 Å². The predicted octanol–water partition coefficient (Wildman–Crippen LogP) is 0.356. The second-order valence-electron chi connectivity index (χ2n) is 4.51. The zero-order valence-electron chi connectivity index (χ0n) is 12.4. The minimum atomic E-state index is -0.642. The van der Waals surface area contributed by atoms with Gasteiger partial charge in [-0.3, -0.25) is 9.59 Å². The van der Waals surface area contributed by atoms with E-state index in [2.05, 4.69) is 15.8 Å². The van der Waals surface area contributed by atoms with Gasteiger partial charge in [-0.25, -0.2) is 5.43 Å². The van der Waals surface area contributed by atoms with E-state index in [0.717, 1.165) is 6.07 Å². The van der Waals surface area contributed by atoms with Gasteiger partial charge in [-0.2, -0.15) is 5.10 Å². The van der Waals surface area contributed by atoms with Gasteiger partial charge in [-0.15, -0.1) is 0 Å². The number of nitrogens with one attached hydrogen (secondary N) is 2. The Morgan fingerprint density at radius 3 is 2.68 bits per heavy atom. The van der Waals surface area contributed by atoms with Crippen molar-refractivity contribution in [2.45, 2.75) is 13.3 Å². The van der Waals surface area contributed by atoms with Gasteiger partial charge in [0, 0.05) is 25.4 Å². The number of carbonyl (C=O) groups excluding carboxylic acids is 2. The monoisotopic (exact) mass is 309 g/mol. The molecule has 8 heteroatoms. The molecule has 0 spiro atoms. The van der Waals surface area contributed by atoms with Crippen molar-refractivity contribution in [3.63, 3.8) is 0 Å². The van der Waals surface area contributed by atoms with Crippen molar-refractivity contribution in [1.29, 1.82) is 0 Å². The summed E-state index contributed by atoms with van der Waals surface area (Å²) in [4.78, 5) is 23.3. The molecule has 1 rings (SSSR count). The minimum Gasteiger partial charge on any atom is -0.508 e. The van der Waals surface area contributed by atoms with Crippen molar-refractivity contribution in [2.24, 2.45) is 5.10 Å². The zero-order chi connectivity index (χ0) is 16.5. The van der Waals surface area contributed by atoms with Crippen LogP contribution in [0.25, 0.3) is 0 Å². The van der Waals surface area contributed by atoms with E-state index in [9.17, 15) is 14.7 Å². The summed E-state index contributed by atoms with van der Waals surface area (Å²) in [6.45, 7) is 2.40. The lowest BCUT2D eigenvalue weighted by molar-refractivity contribution is -0.120. The molecule has 0 aromatic heterocycles. The molecular formula is C14H19N3O5. The number of phenolic OH excluding ortho intramolecular Hbond substituents is 2. The molecular weight excluding hydrogens is 290 g/mol. The van der Waals surface area contributed by atoms with Crippen LogP contribution in [0.4, 0.5) is 0 Å². The summed E-state index contributed by atoms with van der Waals surface area (Å²) in [7, 11) is 1.53. The summed E-state index contributed by atoms with van der Waals surface area (Å²) >= 11 is 0. The topological polar surface area (TPSA) is 120 Å². The first-order valence-electron chi connectivity index (χ1n) is 6.55. The molecule has 1 aromatic carbocycles. The third kappa shape index (κ3) is 5.80. The van der Waals surface area contributed by atoms with E-state index in [1.54, 1.807) is 6.92 Å². The van der Waals surface area contributed by atoms with Gasteiger partial charge < -0.3 is 20.3 Å². The summed E-state index contributed by atoms with van der Waals surface area (Å²) in [6.07, 6.45) is 0.0333. The number of amides is 2. The summed E-state index contributed by atoms with van der Waals surface area (Å²) in [6, 6.07) is 3.59. The van der Waals surface area contributed by atoms with Gasteiger partial charge in [-0.1, -0.05) is 0 Å². The first-order chi connectivity index (χ1) is 10.4. The number of hydrogen-bond donors (Lipinski definition) is 4. The summed E-state index contributed by atoms with van der Waals surface area (Å²) in [5, 5.41) is 25.1. The number of ether oxygens (including phenoxy) is 1. The third-order valence-corrected chi connectivity index (χ3v) is 2.62. The Kier molecular flexibility index (Phi) is 6.84. The van der Waals surface area contributed by atoms with Crippen molar-refractivity contribution in [3.05, 3.63) is 23.8 Å². The maximum Gasteiger partial charge on any atom is 0.275 e. The van der Waals surface area contributed by atoms with Gasteiger partial charge in [0.15, 0.2) is 0 Å². The molecule has 0 radical (unpaired) electrons. The third-order valence-electron chi connectivity index (χ3n) is 2.62. The van der Waals surface area contributed by atoms with Gasteiger partial charge in [0.05, 0.1) is 18.6 Å². The smallest absolute Gasteiger partial charge is 0.275 e. The van der Waals surface area contributed by atoms with E-state index in [1.165, 1.54) is 19.2 Å². The minimum absolute atomic E-state index is 0.0288. The molecule has 0 saturated carbocycles. The molecule has 0 fully saturated rings. The van der Waals surface area contributed by atoms with Crippen LogP contribution in [0.2, 0.25) is 0 Å². The number of methoxy groups -OCH3 is 1. The molecule has 0 atom stereocenters. The lowest BCUT2D eigenvalue weighted by atomic mass is 10.2. The van der Waals surface area contributed by atoms with Crippen LogP contribution in [0.3, 0.4) is 0 Å². The molecule has 120 valence electrons. The average molecular weight is 309 g/mol. The highest BCUT2D eigenvalue weighted by Crippen LogP contribution is 2.22. The van der Waals surface area contributed by atoms with E-state index in [0.29, 0.717) is 18.9 Å².